The molecule has 7 nitrogen and oxygen atoms in total. The normalized spacial score (nSPS) is 10.7. The van der Waals surface area contributed by atoms with Crippen molar-refractivity contribution in [2.45, 2.75) is 6.54 Å². The SMILES string of the molecule is N#Cc1ccccc1OCC(=O)N/N=C/c1cn(Cc2ccccc2)nc1-c1cccs1. The summed E-state index contributed by atoms with van der Waals surface area (Å²) in [4.78, 5) is 13.1. The Bertz CT molecular complexity index is 1260. The monoisotopic (exact) mass is 441 g/mol. The fourth-order valence-electron chi connectivity index (χ4n) is 3.02. The van der Waals surface area contributed by atoms with Crippen molar-refractivity contribution in [3.05, 3.63) is 95.0 Å². The van der Waals surface area contributed by atoms with E-state index in [2.05, 4.69) is 10.5 Å². The third-order valence-corrected chi connectivity index (χ3v) is 5.37. The van der Waals surface area contributed by atoms with Gasteiger partial charge in [0.05, 0.1) is 23.2 Å². The smallest absolute Gasteiger partial charge is 0.277 e. The molecule has 0 radical (unpaired) electrons. The molecule has 0 spiro atoms. The molecule has 1 amide bonds. The molecule has 0 aliphatic heterocycles. The summed E-state index contributed by atoms with van der Waals surface area (Å²) in [6, 6.07) is 22.8. The Kier molecular flexibility index (Phi) is 6.70. The molecule has 0 bridgehead atoms. The molecular weight excluding hydrogens is 422 g/mol. The average Bonchev–Trinajstić information content (AvgIpc) is 3.49. The van der Waals surface area contributed by atoms with E-state index >= 15 is 0 Å². The number of hydrogen-bond donors (Lipinski definition) is 1. The van der Waals surface area contributed by atoms with E-state index in [9.17, 15) is 4.79 Å². The molecule has 0 aliphatic rings. The maximum atomic E-state index is 12.1. The molecule has 4 aromatic rings. The molecule has 2 aromatic carbocycles. The summed E-state index contributed by atoms with van der Waals surface area (Å²) in [5, 5.41) is 19.9. The first kappa shape index (κ1) is 21.0. The first-order valence-electron chi connectivity index (χ1n) is 9.82. The number of hydrogen-bond acceptors (Lipinski definition) is 6. The Morgan fingerprint density at radius 3 is 2.75 bits per heavy atom. The highest BCUT2D eigenvalue weighted by Gasteiger charge is 2.12. The molecule has 0 atom stereocenters. The van der Waals surface area contributed by atoms with Crippen molar-refractivity contribution in [2.75, 3.05) is 6.61 Å². The molecule has 0 saturated heterocycles. The summed E-state index contributed by atoms with van der Waals surface area (Å²) < 4.78 is 7.28. The van der Waals surface area contributed by atoms with Crippen LogP contribution in [0.2, 0.25) is 0 Å². The Balaban J connectivity index is 1.43. The number of thiophene rings is 1. The fourth-order valence-corrected chi connectivity index (χ4v) is 3.75. The lowest BCUT2D eigenvalue weighted by Crippen LogP contribution is -2.24. The van der Waals surface area contributed by atoms with Gasteiger partial charge in [-0.1, -0.05) is 48.5 Å². The largest absolute Gasteiger partial charge is 0.482 e. The van der Waals surface area contributed by atoms with Gasteiger partial charge in [-0.05, 0) is 29.1 Å². The number of para-hydroxylation sites is 1. The van der Waals surface area contributed by atoms with E-state index in [1.54, 1.807) is 41.8 Å². The van der Waals surface area contributed by atoms with Crippen molar-refractivity contribution in [3.63, 3.8) is 0 Å². The second-order valence-electron chi connectivity index (χ2n) is 6.78. The minimum absolute atomic E-state index is 0.249. The Morgan fingerprint density at radius 1 is 1.16 bits per heavy atom. The Morgan fingerprint density at radius 2 is 1.97 bits per heavy atom. The number of rotatable bonds is 8. The number of amides is 1. The van der Waals surface area contributed by atoms with E-state index in [4.69, 9.17) is 15.1 Å². The van der Waals surface area contributed by atoms with E-state index in [1.165, 1.54) is 0 Å². The average molecular weight is 442 g/mol. The van der Waals surface area contributed by atoms with E-state index in [0.717, 1.165) is 21.7 Å². The van der Waals surface area contributed by atoms with Gasteiger partial charge in [0, 0.05) is 11.8 Å². The predicted octanol–water partition coefficient (Wildman–Crippen LogP) is 4.06. The maximum absolute atomic E-state index is 12.1. The summed E-state index contributed by atoms with van der Waals surface area (Å²) >= 11 is 1.59. The van der Waals surface area contributed by atoms with E-state index in [-0.39, 0.29) is 6.61 Å². The summed E-state index contributed by atoms with van der Waals surface area (Å²) in [5.41, 5.74) is 5.56. The zero-order chi connectivity index (χ0) is 22.2. The number of aromatic nitrogens is 2. The lowest BCUT2D eigenvalue weighted by Gasteiger charge is -2.06. The van der Waals surface area contributed by atoms with Crippen molar-refractivity contribution in [1.82, 2.24) is 15.2 Å². The molecule has 8 heteroatoms. The number of nitrogens with zero attached hydrogens (tertiary/aromatic N) is 4. The first-order valence-corrected chi connectivity index (χ1v) is 10.7. The highest BCUT2D eigenvalue weighted by Crippen LogP contribution is 2.26. The first-order chi connectivity index (χ1) is 15.7. The number of ether oxygens (including phenoxy) is 1. The van der Waals surface area contributed by atoms with Crippen LogP contribution in [0.5, 0.6) is 5.75 Å². The molecule has 2 aromatic heterocycles. The summed E-state index contributed by atoms with van der Waals surface area (Å²) in [7, 11) is 0. The van der Waals surface area contributed by atoms with Crippen LogP contribution >= 0.6 is 11.3 Å². The van der Waals surface area contributed by atoms with Crippen LogP contribution in [-0.4, -0.2) is 28.5 Å². The van der Waals surface area contributed by atoms with Gasteiger partial charge in [0.1, 0.15) is 17.5 Å². The fraction of sp³-hybridized carbons (Fsp3) is 0.0833. The van der Waals surface area contributed by atoms with E-state index < -0.39 is 5.91 Å². The quantitative estimate of drug-likeness (QED) is 0.330. The standard InChI is InChI=1S/C24H19N5O2S/c25-13-19-9-4-5-10-21(19)31-17-23(30)27-26-14-20-16-29(15-18-7-2-1-3-8-18)28-24(20)22-11-6-12-32-22/h1-12,14,16H,15,17H2,(H,27,30)/b26-14+. The molecule has 0 aliphatic carbocycles. The Labute approximate surface area is 189 Å². The number of nitriles is 1. The van der Waals surface area contributed by atoms with Gasteiger partial charge in [-0.25, -0.2) is 5.43 Å². The number of hydrazone groups is 1. The molecule has 4 rings (SSSR count). The van der Waals surface area contributed by atoms with Crippen LogP contribution in [0.1, 0.15) is 16.7 Å². The van der Waals surface area contributed by atoms with Crippen LogP contribution in [0.4, 0.5) is 0 Å². The van der Waals surface area contributed by atoms with Crippen molar-refractivity contribution in [1.29, 1.82) is 5.26 Å². The van der Waals surface area contributed by atoms with Crippen LogP contribution in [0.15, 0.2) is 83.4 Å². The molecule has 32 heavy (non-hydrogen) atoms. The lowest BCUT2D eigenvalue weighted by atomic mass is 10.2. The summed E-state index contributed by atoms with van der Waals surface area (Å²) in [6.07, 6.45) is 3.47. The number of carbonyl (C=O) groups excluding carboxylic acids is 1. The molecule has 0 fully saturated rings. The minimum atomic E-state index is -0.427. The van der Waals surface area contributed by atoms with Crippen molar-refractivity contribution in [3.8, 4) is 22.4 Å². The highest BCUT2D eigenvalue weighted by molar-refractivity contribution is 7.13. The zero-order valence-corrected chi connectivity index (χ0v) is 17.8. The Hall–Kier alpha value is -4.22. The van der Waals surface area contributed by atoms with E-state index in [1.807, 2.05) is 64.8 Å². The van der Waals surface area contributed by atoms with Gasteiger partial charge in [0.15, 0.2) is 6.61 Å². The summed E-state index contributed by atoms with van der Waals surface area (Å²) in [6.45, 7) is 0.382. The van der Waals surface area contributed by atoms with Gasteiger partial charge in [-0.2, -0.15) is 15.5 Å². The summed E-state index contributed by atoms with van der Waals surface area (Å²) in [5.74, 6) is -0.0698. The van der Waals surface area contributed by atoms with Crippen molar-refractivity contribution >= 4 is 23.5 Å². The van der Waals surface area contributed by atoms with Gasteiger partial charge in [-0.3, -0.25) is 9.48 Å². The zero-order valence-electron chi connectivity index (χ0n) is 17.0. The van der Waals surface area contributed by atoms with Gasteiger partial charge in [-0.15, -0.1) is 11.3 Å². The van der Waals surface area contributed by atoms with E-state index in [0.29, 0.717) is 17.9 Å². The molecule has 0 saturated carbocycles. The molecule has 0 unspecified atom stereocenters. The molecule has 2 heterocycles. The highest BCUT2D eigenvalue weighted by atomic mass is 32.1. The van der Waals surface area contributed by atoms with Crippen LogP contribution in [0.25, 0.3) is 10.6 Å². The van der Waals surface area contributed by atoms with Crippen LogP contribution in [-0.2, 0) is 11.3 Å². The third-order valence-electron chi connectivity index (χ3n) is 4.49. The lowest BCUT2D eigenvalue weighted by molar-refractivity contribution is -0.123. The van der Waals surface area contributed by atoms with Gasteiger partial charge in [0.2, 0.25) is 0 Å². The predicted molar refractivity (Wildman–Crippen MR) is 123 cm³/mol. The second kappa shape index (κ2) is 10.2. The maximum Gasteiger partial charge on any atom is 0.277 e. The van der Waals surface area contributed by atoms with Crippen LogP contribution in [0.3, 0.4) is 0 Å². The minimum Gasteiger partial charge on any atom is -0.482 e. The molecular formula is C24H19N5O2S. The number of benzene rings is 2. The van der Waals surface area contributed by atoms with Crippen LogP contribution < -0.4 is 10.2 Å². The van der Waals surface area contributed by atoms with Crippen molar-refractivity contribution < 1.29 is 9.53 Å². The second-order valence-corrected chi connectivity index (χ2v) is 7.73. The van der Waals surface area contributed by atoms with Gasteiger partial charge >= 0.3 is 0 Å². The number of nitrogens with one attached hydrogen (secondary N) is 1. The topological polar surface area (TPSA) is 92.3 Å². The van der Waals surface area contributed by atoms with Crippen LogP contribution in [0, 0.1) is 11.3 Å². The van der Waals surface area contributed by atoms with Gasteiger partial charge in [0.25, 0.3) is 5.91 Å². The number of carbonyl (C=O) groups is 1. The molecule has 158 valence electrons. The molecule has 1 N–H and O–H groups in total. The third kappa shape index (κ3) is 5.28. The van der Waals surface area contributed by atoms with Gasteiger partial charge < -0.3 is 4.74 Å². The van der Waals surface area contributed by atoms with Crippen molar-refractivity contribution in [2.24, 2.45) is 5.10 Å².